The van der Waals surface area contributed by atoms with Gasteiger partial charge in [-0.2, -0.15) is 0 Å². The first kappa shape index (κ1) is 17.6. The molecule has 3 aromatic rings. The van der Waals surface area contributed by atoms with Crippen molar-refractivity contribution in [3.8, 4) is 0 Å². The van der Waals surface area contributed by atoms with Gasteiger partial charge in [-0.25, -0.2) is 4.39 Å². The van der Waals surface area contributed by atoms with Gasteiger partial charge in [0.25, 0.3) is 5.91 Å². The molecule has 0 aliphatic carbocycles. The Morgan fingerprint density at radius 1 is 1.04 bits per heavy atom. The smallest absolute Gasteiger partial charge is 0.274 e. The first-order valence-electron chi connectivity index (χ1n) is 8.34. The van der Waals surface area contributed by atoms with Crippen LogP contribution in [0.3, 0.4) is 0 Å². The Hall–Kier alpha value is -3.21. The number of carbonyl (C=O) groups is 1. The number of halogens is 1. The lowest BCUT2D eigenvalue weighted by atomic mass is 10.1. The SMILES string of the molecule is Cc1ccc(NC(=O)c2cc(NCc3ccc(F)cc3)ccn2)c(C)c1. The van der Waals surface area contributed by atoms with E-state index in [9.17, 15) is 9.18 Å². The standard InChI is InChI=1S/C21H20FN3O/c1-14-3-8-19(15(2)11-14)25-21(26)20-12-18(9-10-23-20)24-13-16-4-6-17(22)7-5-16/h3-12H,13H2,1-2H3,(H,23,24)(H,25,26). The van der Waals surface area contributed by atoms with Crippen molar-refractivity contribution in [3.63, 3.8) is 0 Å². The minimum absolute atomic E-state index is 0.261. The van der Waals surface area contributed by atoms with Crippen molar-refractivity contribution in [2.75, 3.05) is 10.6 Å². The summed E-state index contributed by atoms with van der Waals surface area (Å²) in [6.07, 6.45) is 1.59. The van der Waals surface area contributed by atoms with Crippen molar-refractivity contribution in [3.05, 3.63) is 89.0 Å². The molecule has 0 atom stereocenters. The monoisotopic (exact) mass is 349 g/mol. The Kier molecular flexibility index (Phi) is 5.27. The third-order valence-electron chi connectivity index (χ3n) is 4.03. The molecule has 3 rings (SSSR count). The fourth-order valence-corrected chi connectivity index (χ4v) is 2.61. The van der Waals surface area contributed by atoms with Crippen LogP contribution in [0.5, 0.6) is 0 Å². The van der Waals surface area contributed by atoms with E-state index in [1.165, 1.54) is 12.1 Å². The summed E-state index contributed by atoms with van der Waals surface area (Å²) in [6.45, 7) is 4.50. The summed E-state index contributed by atoms with van der Waals surface area (Å²) >= 11 is 0. The Labute approximate surface area is 152 Å². The van der Waals surface area contributed by atoms with Crippen LogP contribution < -0.4 is 10.6 Å². The normalized spacial score (nSPS) is 10.4. The number of pyridine rings is 1. The van der Waals surface area contributed by atoms with Crippen molar-refractivity contribution >= 4 is 17.3 Å². The quantitative estimate of drug-likeness (QED) is 0.702. The van der Waals surface area contributed by atoms with Gasteiger partial charge in [-0.1, -0.05) is 29.8 Å². The number of amides is 1. The summed E-state index contributed by atoms with van der Waals surface area (Å²) < 4.78 is 12.9. The second kappa shape index (κ2) is 7.78. The Bertz CT molecular complexity index is 923. The zero-order valence-corrected chi connectivity index (χ0v) is 14.7. The lowest BCUT2D eigenvalue weighted by Gasteiger charge is -2.10. The van der Waals surface area contributed by atoms with E-state index in [1.54, 1.807) is 30.5 Å². The summed E-state index contributed by atoms with van der Waals surface area (Å²) in [7, 11) is 0. The summed E-state index contributed by atoms with van der Waals surface area (Å²) in [5, 5.41) is 6.11. The van der Waals surface area contributed by atoms with E-state index in [0.29, 0.717) is 12.2 Å². The molecule has 26 heavy (non-hydrogen) atoms. The largest absolute Gasteiger partial charge is 0.381 e. The fourth-order valence-electron chi connectivity index (χ4n) is 2.61. The van der Waals surface area contributed by atoms with Crippen LogP contribution in [0.25, 0.3) is 0 Å². The molecule has 132 valence electrons. The molecule has 2 aromatic carbocycles. The summed E-state index contributed by atoms with van der Waals surface area (Å²) in [6, 6.07) is 15.6. The van der Waals surface area contributed by atoms with Crippen molar-refractivity contribution < 1.29 is 9.18 Å². The molecule has 5 heteroatoms. The van der Waals surface area contributed by atoms with Crippen molar-refractivity contribution in [1.29, 1.82) is 0 Å². The zero-order valence-electron chi connectivity index (χ0n) is 14.7. The first-order chi connectivity index (χ1) is 12.5. The van der Waals surface area contributed by atoms with Crippen molar-refractivity contribution in [2.45, 2.75) is 20.4 Å². The number of aryl methyl sites for hydroxylation is 2. The molecule has 0 saturated carbocycles. The molecular weight excluding hydrogens is 329 g/mol. The molecule has 0 aliphatic heterocycles. The summed E-state index contributed by atoms with van der Waals surface area (Å²) in [5.41, 5.74) is 4.97. The van der Waals surface area contributed by atoms with E-state index in [4.69, 9.17) is 0 Å². The van der Waals surface area contributed by atoms with Crippen LogP contribution in [-0.2, 0) is 6.54 Å². The number of carbonyl (C=O) groups excluding carboxylic acids is 1. The number of nitrogens with one attached hydrogen (secondary N) is 2. The number of benzene rings is 2. The topological polar surface area (TPSA) is 54.0 Å². The van der Waals surface area contributed by atoms with E-state index >= 15 is 0 Å². The van der Waals surface area contributed by atoms with Crippen LogP contribution in [0.1, 0.15) is 27.2 Å². The highest BCUT2D eigenvalue weighted by atomic mass is 19.1. The highest BCUT2D eigenvalue weighted by Crippen LogP contribution is 2.18. The molecule has 2 N–H and O–H groups in total. The molecule has 4 nitrogen and oxygen atoms in total. The number of anilines is 2. The predicted octanol–water partition coefficient (Wildman–Crippen LogP) is 4.70. The van der Waals surface area contributed by atoms with Crippen LogP contribution in [-0.4, -0.2) is 10.9 Å². The molecule has 1 amide bonds. The summed E-state index contributed by atoms with van der Waals surface area (Å²) in [5.74, 6) is -0.523. The van der Waals surface area contributed by atoms with Crippen molar-refractivity contribution in [2.24, 2.45) is 0 Å². The maximum absolute atomic E-state index is 12.9. The van der Waals surface area contributed by atoms with Gasteiger partial charge in [0.1, 0.15) is 11.5 Å². The van der Waals surface area contributed by atoms with Gasteiger partial charge < -0.3 is 10.6 Å². The van der Waals surface area contributed by atoms with Gasteiger partial charge >= 0.3 is 0 Å². The maximum Gasteiger partial charge on any atom is 0.274 e. The minimum Gasteiger partial charge on any atom is -0.381 e. The van der Waals surface area contributed by atoms with Gasteiger partial charge in [-0.05, 0) is 55.3 Å². The average Bonchev–Trinajstić information content (AvgIpc) is 2.64. The lowest BCUT2D eigenvalue weighted by Crippen LogP contribution is -2.15. The van der Waals surface area contributed by atoms with E-state index in [-0.39, 0.29) is 11.7 Å². The second-order valence-electron chi connectivity index (χ2n) is 6.18. The number of hydrogen-bond donors (Lipinski definition) is 2. The van der Waals surface area contributed by atoms with Gasteiger partial charge in [0, 0.05) is 24.1 Å². The third-order valence-corrected chi connectivity index (χ3v) is 4.03. The molecule has 0 spiro atoms. The number of rotatable bonds is 5. The van der Waals surface area contributed by atoms with Crippen LogP contribution in [0.15, 0.2) is 60.8 Å². The summed E-state index contributed by atoms with van der Waals surface area (Å²) in [4.78, 5) is 16.6. The molecular formula is C21H20FN3O. The maximum atomic E-state index is 12.9. The predicted molar refractivity (Wildman–Crippen MR) is 102 cm³/mol. The molecule has 0 aliphatic rings. The van der Waals surface area contributed by atoms with E-state index < -0.39 is 0 Å². The average molecular weight is 349 g/mol. The van der Waals surface area contributed by atoms with E-state index in [1.807, 2.05) is 32.0 Å². The van der Waals surface area contributed by atoms with Crippen LogP contribution in [0.2, 0.25) is 0 Å². The van der Waals surface area contributed by atoms with Crippen LogP contribution >= 0.6 is 0 Å². The molecule has 0 unspecified atom stereocenters. The number of aromatic nitrogens is 1. The fraction of sp³-hybridized carbons (Fsp3) is 0.143. The van der Waals surface area contributed by atoms with E-state index in [2.05, 4.69) is 15.6 Å². The Morgan fingerprint density at radius 2 is 1.81 bits per heavy atom. The highest BCUT2D eigenvalue weighted by Gasteiger charge is 2.10. The van der Waals surface area contributed by atoms with Crippen molar-refractivity contribution in [1.82, 2.24) is 4.98 Å². The molecule has 1 heterocycles. The van der Waals surface area contributed by atoms with Gasteiger partial charge in [0.05, 0.1) is 0 Å². The van der Waals surface area contributed by atoms with E-state index in [0.717, 1.165) is 28.1 Å². The second-order valence-corrected chi connectivity index (χ2v) is 6.18. The van der Waals surface area contributed by atoms with Gasteiger partial charge in [-0.15, -0.1) is 0 Å². The minimum atomic E-state index is -0.262. The molecule has 0 radical (unpaired) electrons. The van der Waals surface area contributed by atoms with Gasteiger partial charge in [-0.3, -0.25) is 9.78 Å². The molecule has 0 saturated heterocycles. The van der Waals surface area contributed by atoms with Gasteiger partial charge in [0.15, 0.2) is 0 Å². The highest BCUT2D eigenvalue weighted by molar-refractivity contribution is 6.03. The third kappa shape index (κ3) is 4.45. The Morgan fingerprint density at radius 3 is 2.54 bits per heavy atom. The first-order valence-corrected chi connectivity index (χ1v) is 8.34. The van der Waals surface area contributed by atoms with Gasteiger partial charge in [0.2, 0.25) is 0 Å². The van der Waals surface area contributed by atoms with Crippen LogP contribution in [0.4, 0.5) is 15.8 Å². The number of hydrogen-bond acceptors (Lipinski definition) is 3. The molecule has 0 fully saturated rings. The molecule has 1 aromatic heterocycles. The molecule has 0 bridgehead atoms. The lowest BCUT2D eigenvalue weighted by molar-refractivity contribution is 0.102. The zero-order chi connectivity index (χ0) is 18.5. The van der Waals surface area contributed by atoms with Crippen LogP contribution in [0, 0.1) is 19.7 Å². The number of nitrogens with zero attached hydrogens (tertiary/aromatic N) is 1. The Balaban J connectivity index is 1.67.